The predicted octanol–water partition coefficient (Wildman–Crippen LogP) is 2.42. The maximum Gasteiger partial charge on any atom is 0.0516 e. The molecule has 0 spiro atoms. The Morgan fingerprint density at radius 3 is 2.83 bits per heavy atom. The largest absolute Gasteiger partial charge is 0.381 e. The molecule has 0 saturated carbocycles. The van der Waals surface area contributed by atoms with Crippen LogP contribution in [0.15, 0.2) is 30.5 Å². The molecule has 1 atom stereocenters. The SMILES string of the molecule is CC(CN)(CC1COC1)c1c[nH]c2ccccc12. The van der Waals surface area contributed by atoms with Crippen LogP contribution < -0.4 is 5.73 Å². The summed E-state index contributed by atoms with van der Waals surface area (Å²) in [4.78, 5) is 3.35. The van der Waals surface area contributed by atoms with Crippen molar-refractivity contribution in [2.24, 2.45) is 11.7 Å². The number of rotatable bonds is 4. The minimum absolute atomic E-state index is 0.0358. The van der Waals surface area contributed by atoms with Crippen LogP contribution in [0.2, 0.25) is 0 Å². The molecule has 1 aliphatic rings. The van der Waals surface area contributed by atoms with E-state index in [1.807, 2.05) is 0 Å². The van der Waals surface area contributed by atoms with E-state index in [1.165, 1.54) is 16.5 Å². The van der Waals surface area contributed by atoms with Gasteiger partial charge in [0.1, 0.15) is 0 Å². The Morgan fingerprint density at radius 2 is 2.17 bits per heavy atom. The van der Waals surface area contributed by atoms with Crippen LogP contribution in [0.5, 0.6) is 0 Å². The Balaban J connectivity index is 1.98. The number of aromatic amines is 1. The molecule has 1 aliphatic heterocycles. The number of fused-ring (bicyclic) bond motifs is 1. The number of nitrogens with two attached hydrogens (primary N) is 1. The number of hydrogen-bond acceptors (Lipinski definition) is 2. The second kappa shape index (κ2) is 4.41. The highest BCUT2D eigenvalue weighted by Gasteiger charge is 2.33. The molecule has 1 aromatic carbocycles. The summed E-state index contributed by atoms with van der Waals surface area (Å²) in [6.45, 7) is 4.71. The molecule has 0 aliphatic carbocycles. The van der Waals surface area contributed by atoms with Crippen molar-refractivity contribution in [3.05, 3.63) is 36.0 Å². The summed E-state index contributed by atoms with van der Waals surface area (Å²) in [6.07, 6.45) is 3.22. The molecule has 3 rings (SSSR count). The monoisotopic (exact) mass is 244 g/mol. The highest BCUT2D eigenvalue weighted by molar-refractivity contribution is 5.84. The van der Waals surface area contributed by atoms with Gasteiger partial charge in [-0.05, 0) is 18.1 Å². The average Bonchev–Trinajstić information content (AvgIpc) is 2.78. The normalized spacial score (nSPS) is 19.7. The molecule has 2 heterocycles. The zero-order chi connectivity index (χ0) is 12.6. The molecule has 96 valence electrons. The van der Waals surface area contributed by atoms with Crippen molar-refractivity contribution >= 4 is 10.9 Å². The lowest BCUT2D eigenvalue weighted by Gasteiger charge is -2.36. The number of H-pyrrole nitrogens is 1. The first-order valence-electron chi connectivity index (χ1n) is 6.57. The quantitative estimate of drug-likeness (QED) is 0.867. The summed E-state index contributed by atoms with van der Waals surface area (Å²) >= 11 is 0. The van der Waals surface area contributed by atoms with Gasteiger partial charge in [0.15, 0.2) is 0 Å². The van der Waals surface area contributed by atoms with E-state index < -0.39 is 0 Å². The standard InChI is InChI=1S/C15H20N2O/c1-15(10-16,6-11-8-18-9-11)13-7-17-14-5-3-2-4-12(13)14/h2-5,7,11,17H,6,8-10,16H2,1H3. The van der Waals surface area contributed by atoms with Gasteiger partial charge in [0, 0.05) is 35.0 Å². The van der Waals surface area contributed by atoms with Crippen LogP contribution in [0, 0.1) is 5.92 Å². The second-order valence-electron chi connectivity index (χ2n) is 5.62. The molecular weight excluding hydrogens is 224 g/mol. The Labute approximate surface area is 107 Å². The van der Waals surface area contributed by atoms with Crippen molar-refractivity contribution in [3.63, 3.8) is 0 Å². The number of hydrogen-bond donors (Lipinski definition) is 2. The summed E-state index contributed by atoms with van der Waals surface area (Å²) < 4.78 is 5.28. The highest BCUT2D eigenvalue weighted by Crippen LogP contribution is 2.36. The van der Waals surface area contributed by atoms with E-state index in [4.69, 9.17) is 10.5 Å². The van der Waals surface area contributed by atoms with Crippen LogP contribution in [0.4, 0.5) is 0 Å². The third kappa shape index (κ3) is 1.84. The fourth-order valence-electron chi connectivity index (χ4n) is 2.91. The maximum absolute atomic E-state index is 6.06. The average molecular weight is 244 g/mol. The lowest BCUT2D eigenvalue weighted by atomic mass is 9.75. The zero-order valence-corrected chi connectivity index (χ0v) is 10.8. The summed E-state index contributed by atoms with van der Waals surface area (Å²) in [5.74, 6) is 0.659. The van der Waals surface area contributed by atoms with E-state index in [1.54, 1.807) is 0 Å². The molecule has 1 fully saturated rings. The predicted molar refractivity (Wildman–Crippen MR) is 73.6 cm³/mol. The van der Waals surface area contributed by atoms with Crippen molar-refractivity contribution in [2.75, 3.05) is 19.8 Å². The summed E-state index contributed by atoms with van der Waals surface area (Å²) in [5.41, 5.74) is 8.63. The van der Waals surface area contributed by atoms with Gasteiger partial charge in [0.25, 0.3) is 0 Å². The lowest BCUT2D eigenvalue weighted by Crippen LogP contribution is -2.39. The lowest BCUT2D eigenvalue weighted by molar-refractivity contribution is -0.0440. The smallest absolute Gasteiger partial charge is 0.0516 e. The number of ether oxygens (including phenoxy) is 1. The van der Waals surface area contributed by atoms with Gasteiger partial charge in [-0.2, -0.15) is 0 Å². The Morgan fingerprint density at radius 1 is 1.39 bits per heavy atom. The maximum atomic E-state index is 6.06. The molecule has 1 saturated heterocycles. The molecule has 18 heavy (non-hydrogen) atoms. The molecule has 3 N–H and O–H groups in total. The first kappa shape index (κ1) is 11.8. The van der Waals surface area contributed by atoms with E-state index in [2.05, 4.69) is 42.4 Å². The van der Waals surface area contributed by atoms with Gasteiger partial charge in [-0.1, -0.05) is 25.1 Å². The van der Waals surface area contributed by atoms with Crippen molar-refractivity contribution in [1.29, 1.82) is 0 Å². The van der Waals surface area contributed by atoms with Crippen LogP contribution >= 0.6 is 0 Å². The molecule has 2 aromatic rings. The number of nitrogens with one attached hydrogen (secondary N) is 1. The molecule has 1 aromatic heterocycles. The van der Waals surface area contributed by atoms with Crippen molar-refractivity contribution in [1.82, 2.24) is 4.98 Å². The number of para-hydroxylation sites is 1. The van der Waals surface area contributed by atoms with Gasteiger partial charge in [0.2, 0.25) is 0 Å². The van der Waals surface area contributed by atoms with Crippen LogP contribution in [0.25, 0.3) is 10.9 Å². The molecule has 1 unspecified atom stereocenters. The highest BCUT2D eigenvalue weighted by atomic mass is 16.5. The summed E-state index contributed by atoms with van der Waals surface area (Å²) in [7, 11) is 0. The molecule has 0 bridgehead atoms. The van der Waals surface area contributed by atoms with Gasteiger partial charge < -0.3 is 15.5 Å². The van der Waals surface area contributed by atoms with E-state index in [0.717, 1.165) is 19.6 Å². The van der Waals surface area contributed by atoms with Crippen LogP contribution in [-0.4, -0.2) is 24.7 Å². The van der Waals surface area contributed by atoms with Gasteiger partial charge >= 0.3 is 0 Å². The third-order valence-electron chi connectivity index (χ3n) is 4.14. The Kier molecular flexibility index (Phi) is 2.88. The first-order valence-corrected chi connectivity index (χ1v) is 6.57. The van der Waals surface area contributed by atoms with E-state index >= 15 is 0 Å². The van der Waals surface area contributed by atoms with E-state index in [9.17, 15) is 0 Å². The summed E-state index contributed by atoms with van der Waals surface area (Å²) in [6, 6.07) is 8.43. The van der Waals surface area contributed by atoms with Crippen molar-refractivity contribution < 1.29 is 4.74 Å². The molecule has 0 amide bonds. The van der Waals surface area contributed by atoms with Crippen LogP contribution in [0.3, 0.4) is 0 Å². The summed E-state index contributed by atoms with van der Waals surface area (Å²) in [5, 5.41) is 1.30. The van der Waals surface area contributed by atoms with Gasteiger partial charge in [-0.3, -0.25) is 0 Å². The second-order valence-corrected chi connectivity index (χ2v) is 5.62. The molecule has 0 radical (unpaired) electrons. The first-order chi connectivity index (χ1) is 8.73. The van der Waals surface area contributed by atoms with Gasteiger partial charge in [0.05, 0.1) is 13.2 Å². The van der Waals surface area contributed by atoms with Crippen molar-refractivity contribution in [3.8, 4) is 0 Å². The Bertz CT molecular complexity index is 544. The zero-order valence-electron chi connectivity index (χ0n) is 10.8. The van der Waals surface area contributed by atoms with Gasteiger partial charge in [-0.25, -0.2) is 0 Å². The molecule has 3 nitrogen and oxygen atoms in total. The fraction of sp³-hybridized carbons (Fsp3) is 0.467. The van der Waals surface area contributed by atoms with Gasteiger partial charge in [-0.15, -0.1) is 0 Å². The Hall–Kier alpha value is -1.32. The minimum atomic E-state index is 0.0358. The molecule has 3 heteroatoms. The van der Waals surface area contributed by atoms with E-state index in [-0.39, 0.29) is 5.41 Å². The fourth-order valence-corrected chi connectivity index (χ4v) is 2.91. The van der Waals surface area contributed by atoms with Crippen LogP contribution in [-0.2, 0) is 10.2 Å². The van der Waals surface area contributed by atoms with Crippen LogP contribution in [0.1, 0.15) is 18.9 Å². The third-order valence-corrected chi connectivity index (χ3v) is 4.14. The molecular formula is C15H20N2O. The minimum Gasteiger partial charge on any atom is -0.381 e. The van der Waals surface area contributed by atoms with E-state index in [0.29, 0.717) is 12.5 Å². The topological polar surface area (TPSA) is 51.0 Å². The number of benzene rings is 1. The van der Waals surface area contributed by atoms with Crippen molar-refractivity contribution in [2.45, 2.75) is 18.8 Å². The number of aromatic nitrogens is 1.